The number of fused-ring (bicyclic) bond motifs is 3. The minimum absolute atomic E-state index is 0.135. The van der Waals surface area contributed by atoms with Gasteiger partial charge >= 0.3 is 0 Å². The highest BCUT2D eigenvalue weighted by Crippen LogP contribution is 2.41. The van der Waals surface area contributed by atoms with Gasteiger partial charge in [-0.15, -0.1) is 0 Å². The van der Waals surface area contributed by atoms with Gasteiger partial charge in [-0.1, -0.05) is 19.9 Å². The Labute approximate surface area is 121 Å². The van der Waals surface area contributed by atoms with Gasteiger partial charge in [-0.25, -0.2) is 0 Å². The summed E-state index contributed by atoms with van der Waals surface area (Å²) in [6.07, 6.45) is 4.95. The molecule has 1 N–H and O–H groups in total. The van der Waals surface area contributed by atoms with Crippen LogP contribution in [0.3, 0.4) is 0 Å². The average Bonchev–Trinajstić information content (AvgIpc) is 2.47. The highest BCUT2D eigenvalue weighted by Gasteiger charge is 2.39. The van der Waals surface area contributed by atoms with Crippen molar-refractivity contribution in [2.24, 2.45) is 0 Å². The quantitative estimate of drug-likeness (QED) is 0.919. The smallest absolute Gasteiger partial charge is 0.115 e. The van der Waals surface area contributed by atoms with E-state index in [2.05, 4.69) is 24.8 Å². The molecular formula is C17H25NO2. The zero-order valence-electron chi connectivity index (χ0n) is 12.5. The summed E-state index contributed by atoms with van der Waals surface area (Å²) >= 11 is 0. The van der Waals surface area contributed by atoms with Crippen LogP contribution in [-0.4, -0.2) is 35.2 Å². The van der Waals surface area contributed by atoms with Crippen molar-refractivity contribution in [1.82, 2.24) is 4.90 Å². The third kappa shape index (κ3) is 2.45. The maximum atomic E-state index is 9.80. The van der Waals surface area contributed by atoms with Gasteiger partial charge in [0, 0.05) is 12.6 Å². The van der Waals surface area contributed by atoms with E-state index >= 15 is 0 Å². The lowest BCUT2D eigenvalue weighted by Gasteiger charge is -2.47. The van der Waals surface area contributed by atoms with E-state index in [0.717, 1.165) is 25.9 Å². The number of benzene rings is 1. The van der Waals surface area contributed by atoms with Crippen LogP contribution in [0.4, 0.5) is 0 Å². The number of rotatable bonds is 3. The number of morpholine rings is 1. The zero-order valence-corrected chi connectivity index (χ0v) is 12.5. The van der Waals surface area contributed by atoms with Crippen LogP contribution in [0.15, 0.2) is 18.2 Å². The van der Waals surface area contributed by atoms with Crippen molar-refractivity contribution >= 4 is 0 Å². The zero-order chi connectivity index (χ0) is 14.1. The lowest BCUT2D eigenvalue weighted by atomic mass is 9.83. The predicted octanol–water partition coefficient (Wildman–Crippen LogP) is 3.27. The fourth-order valence-corrected chi connectivity index (χ4v) is 3.69. The molecule has 1 aromatic carbocycles. The Morgan fingerprint density at radius 3 is 2.95 bits per heavy atom. The highest BCUT2D eigenvalue weighted by atomic mass is 16.5. The third-order valence-corrected chi connectivity index (χ3v) is 4.71. The molecule has 110 valence electrons. The van der Waals surface area contributed by atoms with Crippen molar-refractivity contribution < 1.29 is 9.84 Å². The molecule has 0 radical (unpaired) electrons. The number of aryl methyl sites for hydroxylation is 1. The molecule has 1 aromatic rings. The molecule has 3 unspecified atom stereocenters. The van der Waals surface area contributed by atoms with Crippen LogP contribution in [0.1, 0.15) is 50.3 Å². The first-order chi connectivity index (χ1) is 9.72. The molecule has 1 aliphatic heterocycles. The molecule has 3 atom stereocenters. The lowest BCUT2D eigenvalue weighted by Crippen LogP contribution is -2.52. The summed E-state index contributed by atoms with van der Waals surface area (Å²) in [4.78, 5) is 2.61. The first kappa shape index (κ1) is 13.9. The molecule has 3 rings (SSSR count). The maximum absolute atomic E-state index is 9.80. The highest BCUT2D eigenvalue weighted by molar-refractivity contribution is 5.39. The monoisotopic (exact) mass is 275 g/mol. The normalized spacial score (nSPS) is 29.8. The minimum Gasteiger partial charge on any atom is -0.508 e. The van der Waals surface area contributed by atoms with Crippen LogP contribution in [0.25, 0.3) is 0 Å². The van der Waals surface area contributed by atoms with E-state index in [0.29, 0.717) is 17.9 Å². The Morgan fingerprint density at radius 2 is 2.20 bits per heavy atom. The Hall–Kier alpha value is -1.06. The second kappa shape index (κ2) is 5.74. The van der Waals surface area contributed by atoms with Crippen molar-refractivity contribution in [1.29, 1.82) is 0 Å². The topological polar surface area (TPSA) is 32.7 Å². The second-order valence-electron chi connectivity index (χ2n) is 6.07. The molecule has 1 aliphatic carbocycles. The molecule has 1 saturated heterocycles. The second-order valence-corrected chi connectivity index (χ2v) is 6.07. The average molecular weight is 275 g/mol. The van der Waals surface area contributed by atoms with E-state index in [1.54, 1.807) is 6.07 Å². The largest absolute Gasteiger partial charge is 0.508 e. The summed E-state index contributed by atoms with van der Waals surface area (Å²) < 4.78 is 6.34. The van der Waals surface area contributed by atoms with E-state index in [1.165, 1.54) is 24.0 Å². The van der Waals surface area contributed by atoms with Crippen LogP contribution in [0.5, 0.6) is 5.75 Å². The van der Waals surface area contributed by atoms with Crippen LogP contribution >= 0.6 is 0 Å². The lowest BCUT2D eigenvalue weighted by molar-refractivity contribution is -0.128. The Bertz CT molecular complexity index is 474. The standard InChI is InChI=1S/C17H25NO2/c1-3-9-18-11-14(4-2)20-17-15-10-13(19)7-5-12(15)6-8-16(17)18/h5,7,10,14,16-17,19H,3-4,6,8-9,11H2,1-2H3. The van der Waals surface area contributed by atoms with Gasteiger partial charge in [0.05, 0.1) is 12.2 Å². The molecule has 20 heavy (non-hydrogen) atoms. The fourth-order valence-electron chi connectivity index (χ4n) is 3.69. The summed E-state index contributed by atoms with van der Waals surface area (Å²) in [7, 11) is 0. The number of aromatic hydroxyl groups is 1. The molecule has 0 aromatic heterocycles. The molecule has 1 heterocycles. The number of hydrogen-bond acceptors (Lipinski definition) is 3. The van der Waals surface area contributed by atoms with Gasteiger partial charge in [-0.05, 0) is 55.5 Å². The van der Waals surface area contributed by atoms with E-state index in [4.69, 9.17) is 4.74 Å². The molecule has 2 aliphatic rings. The summed E-state index contributed by atoms with van der Waals surface area (Å²) in [6, 6.07) is 6.24. The molecule has 0 spiro atoms. The SMILES string of the molecule is CCCN1CC(CC)OC2c3cc(O)ccc3CCC21. The van der Waals surface area contributed by atoms with Crippen LogP contribution in [0.2, 0.25) is 0 Å². The maximum Gasteiger partial charge on any atom is 0.115 e. The fraction of sp³-hybridized carbons (Fsp3) is 0.647. The van der Waals surface area contributed by atoms with Gasteiger partial charge in [0.25, 0.3) is 0 Å². The predicted molar refractivity (Wildman–Crippen MR) is 80.0 cm³/mol. The molecule has 0 saturated carbocycles. The molecule has 0 amide bonds. The number of phenolic OH excluding ortho intramolecular Hbond substituents is 1. The van der Waals surface area contributed by atoms with E-state index in [1.807, 2.05) is 6.07 Å². The molecule has 0 bridgehead atoms. The molecule has 1 fully saturated rings. The molecule has 3 heteroatoms. The third-order valence-electron chi connectivity index (χ3n) is 4.71. The van der Waals surface area contributed by atoms with Crippen molar-refractivity contribution in [3.05, 3.63) is 29.3 Å². The van der Waals surface area contributed by atoms with Gasteiger partial charge in [-0.2, -0.15) is 0 Å². The van der Waals surface area contributed by atoms with Gasteiger partial charge in [-0.3, -0.25) is 4.90 Å². The number of ether oxygens (including phenoxy) is 1. The van der Waals surface area contributed by atoms with Gasteiger partial charge in [0.1, 0.15) is 5.75 Å². The first-order valence-electron chi connectivity index (χ1n) is 7.94. The number of phenols is 1. The Morgan fingerprint density at radius 1 is 1.35 bits per heavy atom. The summed E-state index contributed by atoms with van der Waals surface area (Å²) in [5.74, 6) is 0.355. The summed E-state index contributed by atoms with van der Waals surface area (Å²) in [5, 5.41) is 9.80. The summed E-state index contributed by atoms with van der Waals surface area (Å²) in [5.41, 5.74) is 2.55. The van der Waals surface area contributed by atoms with E-state index in [-0.39, 0.29) is 6.10 Å². The van der Waals surface area contributed by atoms with Gasteiger partial charge < -0.3 is 9.84 Å². The van der Waals surface area contributed by atoms with Crippen molar-refractivity contribution in [3.8, 4) is 5.75 Å². The summed E-state index contributed by atoms with van der Waals surface area (Å²) in [6.45, 7) is 6.64. The minimum atomic E-state index is 0.135. The van der Waals surface area contributed by atoms with Crippen molar-refractivity contribution in [3.63, 3.8) is 0 Å². The van der Waals surface area contributed by atoms with Crippen LogP contribution in [-0.2, 0) is 11.2 Å². The van der Waals surface area contributed by atoms with Crippen molar-refractivity contribution in [2.45, 2.75) is 57.8 Å². The Kier molecular flexibility index (Phi) is 3.99. The van der Waals surface area contributed by atoms with Crippen LogP contribution in [0, 0.1) is 0 Å². The van der Waals surface area contributed by atoms with Gasteiger partial charge in [0.2, 0.25) is 0 Å². The molecule has 3 nitrogen and oxygen atoms in total. The Balaban J connectivity index is 1.93. The first-order valence-corrected chi connectivity index (χ1v) is 7.94. The number of nitrogens with zero attached hydrogens (tertiary/aromatic N) is 1. The van der Waals surface area contributed by atoms with Crippen molar-refractivity contribution in [2.75, 3.05) is 13.1 Å². The van der Waals surface area contributed by atoms with Gasteiger partial charge in [0.15, 0.2) is 0 Å². The van der Waals surface area contributed by atoms with E-state index < -0.39 is 0 Å². The number of hydrogen-bond donors (Lipinski definition) is 1. The van der Waals surface area contributed by atoms with E-state index in [9.17, 15) is 5.11 Å². The van der Waals surface area contributed by atoms with Crippen LogP contribution < -0.4 is 0 Å². The molecular weight excluding hydrogens is 250 g/mol.